The van der Waals surface area contributed by atoms with Crippen molar-refractivity contribution in [2.45, 2.75) is 52.2 Å². The first-order chi connectivity index (χ1) is 14.4. The molecule has 0 saturated carbocycles. The zero-order valence-electron chi connectivity index (χ0n) is 18.0. The minimum absolute atomic E-state index is 0.0817. The fraction of sp³-hybridized carbons (Fsp3) is 0.476. The highest BCUT2D eigenvalue weighted by molar-refractivity contribution is 5.99. The van der Waals surface area contributed by atoms with Crippen LogP contribution in [0.2, 0.25) is 0 Å². The second kappa shape index (κ2) is 8.33. The Kier molecular flexibility index (Phi) is 6.13. The number of carbonyl (C=O) groups excluding carboxylic acids is 1. The lowest BCUT2D eigenvalue weighted by Gasteiger charge is -2.27. The van der Waals surface area contributed by atoms with Gasteiger partial charge < -0.3 is 19.7 Å². The molecule has 1 unspecified atom stereocenters. The van der Waals surface area contributed by atoms with E-state index in [2.05, 4.69) is 15.3 Å². The molecule has 0 fully saturated rings. The molecule has 168 valence electrons. The Labute approximate surface area is 178 Å². The number of ether oxygens (including phenoxy) is 2. The molecule has 2 aromatic rings. The number of methoxy groups -OCH3 is 1. The molecular formula is C21H25F3N4O3. The van der Waals surface area contributed by atoms with Crippen molar-refractivity contribution < 1.29 is 27.4 Å². The molecule has 0 saturated heterocycles. The van der Waals surface area contributed by atoms with E-state index in [0.717, 1.165) is 5.56 Å². The quantitative estimate of drug-likeness (QED) is 0.652. The van der Waals surface area contributed by atoms with Crippen molar-refractivity contribution in [3.8, 4) is 5.88 Å². The third kappa shape index (κ3) is 5.07. The largest absolute Gasteiger partial charge is 0.468 e. The van der Waals surface area contributed by atoms with Gasteiger partial charge in [0.1, 0.15) is 11.5 Å². The van der Waals surface area contributed by atoms with Crippen LogP contribution in [0.1, 0.15) is 53.9 Å². The monoisotopic (exact) mass is 438 g/mol. The number of rotatable bonds is 7. The molecule has 0 aliphatic carbocycles. The summed E-state index contributed by atoms with van der Waals surface area (Å²) in [6.45, 7) is 6.08. The van der Waals surface area contributed by atoms with Gasteiger partial charge in [0.25, 0.3) is 5.91 Å². The molecule has 3 heterocycles. The van der Waals surface area contributed by atoms with Crippen LogP contribution in [-0.4, -0.2) is 46.4 Å². The fourth-order valence-electron chi connectivity index (χ4n) is 3.30. The summed E-state index contributed by atoms with van der Waals surface area (Å²) in [5, 5.41) is 3.20. The number of halogens is 3. The number of hydrogen-bond donors (Lipinski definition) is 1. The Morgan fingerprint density at radius 1 is 1.29 bits per heavy atom. The number of fused-ring (bicyclic) bond motifs is 1. The van der Waals surface area contributed by atoms with Gasteiger partial charge in [-0.05, 0) is 45.4 Å². The lowest BCUT2D eigenvalue weighted by Crippen LogP contribution is -2.33. The molecule has 1 N–H and O–H groups in total. The molecule has 1 atom stereocenters. The third-order valence-corrected chi connectivity index (χ3v) is 5.18. The highest BCUT2D eigenvalue weighted by Gasteiger charge is 2.35. The number of aryl methyl sites for hydroxylation is 1. The van der Waals surface area contributed by atoms with Gasteiger partial charge in [-0.2, -0.15) is 13.2 Å². The summed E-state index contributed by atoms with van der Waals surface area (Å²) in [7, 11) is 1.58. The van der Waals surface area contributed by atoms with Crippen LogP contribution in [-0.2, 0) is 11.3 Å². The lowest BCUT2D eigenvalue weighted by molar-refractivity contribution is -0.154. The second-order valence-electron chi connectivity index (χ2n) is 7.93. The zero-order chi connectivity index (χ0) is 23.0. The van der Waals surface area contributed by atoms with Crippen LogP contribution in [0.15, 0.2) is 24.5 Å². The summed E-state index contributed by atoms with van der Waals surface area (Å²) in [6.07, 6.45) is -1.44. The van der Waals surface area contributed by atoms with Gasteiger partial charge in [0.15, 0.2) is 6.61 Å². The summed E-state index contributed by atoms with van der Waals surface area (Å²) in [4.78, 5) is 23.1. The van der Waals surface area contributed by atoms with Gasteiger partial charge in [0.05, 0.1) is 12.6 Å². The molecule has 0 spiro atoms. The number of anilines is 1. The minimum atomic E-state index is -4.44. The van der Waals surface area contributed by atoms with Crippen LogP contribution in [0.5, 0.6) is 5.88 Å². The smallest absolute Gasteiger partial charge is 0.422 e. The topological polar surface area (TPSA) is 76.6 Å². The lowest BCUT2D eigenvalue weighted by atomic mass is 10.1. The fourth-order valence-corrected chi connectivity index (χ4v) is 3.30. The van der Waals surface area contributed by atoms with Crippen LogP contribution >= 0.6 is 0 Å². The SMILES string of the molecule is COC(C)(C)Nc1nccc2c1CN(C(C)c1cnc(OCC(F)(F)F)c(C)c1)C2=O. The van der Waals surface area contributed by atoms with Gasteiger partial charge in [-0.25, -0.2) is 9.97 Å². The first-order valence-electron chi connectivity index (χ1n) is 9.70. The van der Waals surface area contributed by atoms with Crippen LogP contribution in [0, 0.1) is 6.92 Å². The number of nitrogens with zero attached hydrogens (tertiary/aromatic N) is 3. The van der Waals surface area contributed by atoms with Gasteiger partial charge in [0.2, 0.25) is 5.88 Å². The van der Waals surface area contributed by atoms with E-state index < -0.39 is 18.5 Å². The predicted octanol–water partition coefficient (Wildman–Crippen LogP) is 4.24. The highest BCUT2D eigenvalue weighted by atomic mass is 19.4. The molecule has 0 bridgehead atoms. The molecule has 0 radical (unpaired) electrons. The van der Waals surface area contributed by atoms with E-state index in [9.17, 15) is 18.0 Å². The molecule has 1 aliphatic heterocycles. The molecule has 3 rings (SSSR count). The normalized spacial score (nSPS) is 15.1. The molecule has 7 nitrogen and oxygen atoms in total. The van der Waals surface area contributed by atoms with E-state index in [1.165, 1.54) is 6.20 Å². The zero-order valence-corrected chi connectivity index (χ0v) is 18.0. The van der Waals surface area contributed by atoms with E-state index in [4.69, 9.17) is 9.47 Å². The van der Waals surface area contributed by atoms with Crippen LogP contribution in [0.3, 0.4) is 0 Å². The Morgan fingerprint density at radius 2 is 2.00 bits per heavy atom. The molecule has 10 heteroatoms. The van der Waals surface area contributed by atoms with Crippen LogP contribution < -0.4 is 10.1 Å². The maximum absolute atomic E-state index is 13.0. The number of pyridine rings is 2. The summed E-state index contributed by atoms with van der Waals surface area (Å²) in [5.41, 5.74) is 1.80. The van der Waals surface area contributed by atoms with Crippen molar-refractivity contribution in [3.05, 3.63) is 46.8 Å². The number of amides is 1. The van der Waals surface area contributed by atoms with E-state index >= 15 is 0 Å². The molecular weight excluding hydrogens is 413 g/mol. The van der Waals surface area contributed by atoms with E-state index in [0.29, 0.717) is 29.1 Å². The molecule has 1 amide bonds. The van der Waals surface area contributed by atoms with Gasteiger partial charge in [-0.1, -0.05) is 0 Å². The average Bonchev–Trinajstić information content (AvgIpc) is 3.03. The van der Waals surface area contributed by atoms with Crippen molar-refractivity contribution >= 4 is 11.7 Å². The number of alkyl halides is 3. The van der Waals surface area contributed by atoms with Crippen molar-refractivity contribution in [1.29, 1.82) is 0 Å². The Morgan fingerprint density at radius 3 is 2.61 bits per heavy atom. The standard InChI is InChI=1S/C21H25F3N4O3/c1-12-8-14(9-26-18(12)31-11-21(22,23)24)13(2)28-10-16-15(19(28)29)6-7-25-17(16)27-20(3,4)30-5/h6-9,13H,10-11H2,1-5H3,(H,25,27). The van der Waals surface area contributed by atoms with E-state index in [-0.39, 0.29) is 17.8 Å². The Balaban J connectivity index is 1.80. The predicted molar refractivity (Wildman–Crippen MR) is 108 cm³/mol. The summed E-state index contributed by atoms with van der Waals surface area (Å²) in [5.74, 6) is 0.331. The summed E-state index contributed by atoms with van der Waals surface area (Å²) in [6, 6.07) is 3.00. The summed E-state index contributed by atoms with van der Waals surface area (Å²) < 4.78 is 47.4. The van der Waals surface area contributed by atoms with Crippen molar-refractivity contribution in [3.63, 3.8) is 0 Å². The molecule has 0 aromatic carbocycles. The van der Waals surface area contributed by atoms with Crippen molar-refractivity contribution in [1.82, 2.24) is 14.9 Å². The average molecular weight is 438 g/mol. The Bertz CT molecular complexity index is 979. The third-order valence-electron chi connectivity index (χ3n) is 5.18. The second-order valence-corrected chi connectivity index (χ2v) is 7.93. The maximum atomic E-state index is 13.0. The number of nitrogens with one attached hydrogen (secondary N) is 1. The number of hydrogen-bond acceptors (Lipinski definition) is 6. The van der Waals surface area contributed by atoms with Crippen LogP contribution in [0.25, 0.3) is 0 Å². The first-order valence-corrected chi connectivity index (χ1v) is 9.70. The molecule has 31 heavy (non-hydrogen) atoms. The van der Waals surface area contributed by atoms with Crippen molar-refractivity contribution in [2.75, 3.05) is 19.0 Å². The molecule has 1 aliphatic rings. The van der Waals surface area contributed by atoms with Gasteiger partial charge in [-0.3, -0.25) is 4.79 Å². The van der Waals surface area contributed by atoms with Crippen molar-refractivity contribution in [2.24, 2.45) is 0 Å². The minimum Gasteiger partial charge on any atom is -0.468 e. The highest BCUT2D eigenvalue weighted by Crippen LogP contribution is 2.35. The number of carbonyl (C=O) groups is 1. The van der Waals surface area contributed by atoms with Gasteiger partial charge in [0, 0.05) is 36.2 Å². The number of aromatic nitrogens is 2. The molecule has 2 aromatic heterocycles. The van der Waals surface area contributed by atoms with Gasteiger partial charge in [-0.15, -0.1) is 0 Å². The van der Waals surface area contributed by atoms with Gasteiger partial charge >= 0.3 is 6.18 Å². The Hall–Kier alpha value is -2.88. The maximum Gasteiger partial charge on any atom is 0.422 e. The van der Waals surface area contributed by atoms with E-state index in [1.54, 1.807) is 37.3 Å². The summed E-state index contributed by atoms with van der Waals surface area (Å²) >= 11 is 0. The first kappa shape index (κ1) is 22.8. The van der Waals surface area contributed by atoms with Crippen LogP contribution in [0.4, 0.5) is 19.0 Å². The van der Waals surface area contributed by atoms with E-state index in [1.807, 2.05) is 20.8 Å².